The van der Waals surface area contributed by atoms with Gasteiger partial charge in [-0.05, 0) is 32.4 Å². The fourth-order valence-electron chi connectivity index (χ4n) is 1.71. The second kappa shape index (κ2) is 7.39. The van der Waals surface area contributed by atoms with Crippen LogP contribution in [0.1, 0.15) is 26.7 Å². The second-order valence-corrected chi connectivity index (χ2v) is 5.37. The molecule has 0 spiro atoms. The van der Waals surface area contributed by atoms with Crippen molar-refractivity contribution in [3.05, 3.63) is 34.4 Å². The van der Waals surface area contributed by atoms with Gasteiger partial charge in [0.25, 0.3) is 11.6 Å². The molecule has 1 aromatic carbocycles. The predicted molar refractivity (Wildman–Crippen MR) is 77.7 cm³/mol. The van der Waals surface area contributed by atoms with Crippen molar-refractivity contribution < 1.29 is 24.4 Å². The number of amides is 1. The number of rotatable bonds is 8. The lowest BCUT2D eigenvalue weighted by Gasteiger charge is -2.25. The van der Waals surface area contributed by atoms with Gasteiger partial charge in [-0.1, -0.05) is 0 Å². The molecule has 2 N–H and O–H groups in total. The minimum Gasteiger partial charge on any atom is -0.484 e. The largest absolute Gasteiger partial charge is 0.484 e. The number of hydrogen-bond donors (Lipinski definition) is 2. The monoisotopic (exact) mass is 310 g/mol. The summed E-state index contributed by atoms with van der Waals surface area (Å²) in [7, 11) is 0. The molecule has 0 fully saturated rings. The molecule has 1 rings (SSSR count). The van der Waals surface area contributed by atoms with Crippen LogP contribution >= 0.6 is 0 Å². The number of hydrogen-bond acceptors (Lipinski definition) is 5. The van der Waals surface area contributed by atoms with Gasteiger partial charge in [-0.2, -0.15) is 0 Å². The number of nitro benzene ring substituents is 1. The maximum absolute atomic E-state index is 11.8. The molecule has 0 unspecified atom stereocenters. The van der Waals surface area contributed by atoms with E-state index in [0.29, 0.717) is 12.2 Å². The third-order valence-electron chi connectivity index (χ3n) is 2.86. The zero-order chi connectivity index (χ0) is 16.8. The van der Waals surface area contributed by atoms with Crippen LogP contribution in [0.2, 0.25) is 0 Å². The summed E-state index contributed by atoms with van der Waals surface area (Å²) in [5, 5.41) is 21.8. The van der Waals surface area contributed by atoms with Crippen LogP contribution in [0.25, 0.3) is 0 Å². The van der Waals surface area contributed by atoms with Crippen molar-refractivity contribution in [3.8, 4) is 5.75 Å². The molecule has 0 aromatic heterocycles. The standard InChI is InChI=1S/C14H18N2O6/c1-14(2,8-7-13(18)19)15-12(17)9-22-11-5-3-10(4-6-11)16(20)21/h3-6H,7-9H2,1-2H3,(H,15,17)(H,18,19). The van der Waals surface area contributed by atoms with E-state index in [0.717, 1.165) is 0 Å². The molecule has 0 aliphatic rings. The Labute approximate surface area is 127 Å². The van der Waals surface area contributed by atoms with E-state index in [1.54, 1.807) is 13.8 Å². The molecular weight excluding hydrogens is 292 g/mol. The average molecular weight is 310 g/mol. The third-order valence-corrected chi connectivity index (χ3v) is 2.86. The van der Waals surface area contributed by atoms with E-state index in [1.807, 2.05) is 0 Å². The molecule has 1 aromatic rings. The van der Waals surface area contributed by atoms with E-state index in [4.69, 9.17) is 9.84 Å². The number of non-ortho nitro benzene ring substituents is 1. The highest BCUT2D eigenvalue weighted by atomic mass is 16.6. The Kier molecular flexibility index (Phi) is 5.85. The maximum Gasteiger partial charge on any atom is 0.303 e. The Balaban J connectivity index is 2.45. The average Bonchev–Trinajstić information content (AvgIpc) is 2.43. The van der Waals surface area contributed by atoms with Gasteiger partial charge in [0, 0.05) is 24.1 Å². The third kappa shape index (κ3) is 6.21. The van der Waals surface area contributed by atoms with Gasteiger partial charge >= 0.3 is 5.97 Å². The number of carbonyl (C=O) groups is 2. The summed E-state index contributed by atoms with van der Waals surface area (Å²) in [5.41, 5.74) is -0.722. The molecule has 8 nitrogen and oxygen atoms in total. The summed E-state index contributed by atoms with van der Waals surface area (Å²) in [4.78, 5) is 32.3. The molecule has 0 aliphatic heterocycles. The maximum atomic E-state index is 11.8. The number of nitro groups is 1. The lowest BCUT2D eigenvalue weighted by atomic mass is 9.98. The molecule has 8 heteroatoms. The van der Waals surface area contributed by atoms with Gasteiger partial charge in [0.2, 0.25) is 0 Å². The van der Waals surface area contributed by atoms with Crippen LogP contribution in [-0.2, 0) is 9.59 Å². The van der Waals surface area contributed by atoms with Crippen LogP contribution in [0.3, 0.4) is 0 Å². The molecule has 1 amide bonds. The number of nitrogens with one attached hydrogen (secondary N) is 1. The lowest BCUT2D eigenvalue weighted by molar-refractivity contribution is -0.384. The summed E-state index contributed by atoms with van der Waals surface area (Å²) in [5.74, 6) is -0.984. The molecule has 0 heterocycles. The molecule has 0 atom stereocenters. The summed E-state index contributed by atoms with van der Waals surface area (Å²) in [6.07, 6.45) is 0.252. The molecule has 22 heavy (non-hydrogen) atoms. The summed E-state index contributed by atoms with van der Waals surface area (Å²) in [6, 6.07) is 5.37. The van der Waals surface area contributed by atoms with Gasteiger partial charge in [0.05, 0.1) is 4.92 Å². The number of aliphatic carboxylic acids is 1. The van der Waals surface area contributed by atoms with Crippen molar-refractivity contribution >= 4 is 17.6 Å². The van der Waals surface area contributed by atoms with Crippen LogP contribution in [0.5, 0.6) is 5.75 Å². The number of carboxylic acids is 1. The number of ether oxygens (including phenoxy) is 1. The van der Waals surface area contributed by atoms with E-state index < -0.39 is 22.3 Å². The normalized spacial score (nSPS) is 10.8. The zero-order valence-electron chi connectivity index (χ0n) is 12.4. The molecular formula is C14H18N2O6. The summed E-state index contributed by atoms with van der Waals surface area (Å²) in [6.45, 7) is 3.19. The smallest absolute Gasteiger partial charge is 0.303 e. The van der Waals surface area contributed by atoms with Gasteiger partial charge < -0.3 is 15.2 Å². The lowest BCUT2D eigenvalue weighted by Crippen LogP contribution is -2.45. The first-order chi connectivity index (χ1) is 10.2. The Hall–Kier alpha value is -2.64. The van der Waals surface area contributed by atoms with E-state index >= 15 is 0 Å². The van der Waals surface area contributed by atoms with Crippen molar-refractivity contribution in [1.29, 1.82) is 0 Å². The van der Waals surface area contributed by atoms with Gasteiger partial charge in [0.15, 0.2) is 6.61 Å². The highest BCUT2D eigenvalue weighted by molar-refractivity contribution is 5.78. The summed E-state index contributed by atoms with van der Waals surface area (Å²) < 4.78 is 5.22. The van der Waals surface area contributed by atoms with E-state index in [1.165, 1.54) is 24.3 Å². The minimum absolute atomic E-state index is 0.0451. The van der Waals surface area contributed by atoms with Crippen LogP contribution in [0.4, 0.5) is 5.69 Å². The first-order valence-corrected chi connectivity index (χ1v) is 6.60. The summed E-state index contributed by atoms with van der Waals surface area (Å²) >= 11 is 0. The molecule has 0 radical (unpaired) electrons. The molecule has 0 saturated heterocycles. The fourth-order valence-corrected chi connectivity index (χ4v) is 1.71. The van der Waals surface area contributed by atoms with Crippen molar-refractivity contribution in [2.75, 3.05) is 6.61 Å². The van der Waals surface area contributed by atoms with Crippen molar-refractivity contribution in [1.82, 2.24) is 5.32 Å². The van der Waals surface area contributed by atoms with Crippen LogP contribution < -0.4 is 10.1 Å². The highest BCUT2D eigenvalue weighted by Crippen LogP contribution is 2.17. The van der Waals surface area contributed by atoms with E-state index in [-0.39, 0.29) is 18.7 Å². The van der Waals surface area contributed by atoms with Crippen molar-refractivity contribution in [2.24, 2.45) is 0 Å². The quantitative estimate of drug-likeness (QED) is 0.557. The van der Waals surface area contributed by atoms with Crippen LogP contribution in [0, 0.1) is 10.1 Å². The SMILES string of the molecule is CC(C)(CCC(=O)O)NC(=O)COc1ccc([N+](=O)[O-])cc1. The Bertz CT molecular complexity index is 553. The number of carboxylic acid groups (broad SMARTS) is 1. The fraction of sp³-hybridized carbons (Fsp3) is 0.429. The first-order valence-electron chi connectivity index (χ1n) is 6.60. The molecule has 0 aliphatic carbocycles. The van der Waals surface area contributed by atoms with Crippen molar-refractivity contribution in [2.45, 2.75) is 32.2 Å². The van der Waals surface area contributed by atoms with Crippen LogP contribution in [0.15, 0.2) is 24.3 Å². The van der Waals surface area contributed by atoms with E-state index in [2.05, 4.69) is 5.32 Å². The molecule has 120 valence electrons. The Morgan fingerprint density at radius 1 is 1.32 bits per heavy atom. The Morgan fingerprint density at radius 2 is 1.91 bits per heavy atom. The highest BCUT2D eigenvalue weighted by Gasteiger charge is 2.21. The van der Waals surface area contributed by atoms with Crippen LogP contribution in [-0.4, -0.2) is 34.1 Å². The zero-order valence-corrected chi connectivity index (χ0v) is 12.4. The van der Waals surface area contributed by atoms with Gasteiger partial charge in [0.1, 0.15) is 5.75 Å². The topological polar surface area (TPSA) is 119 Å². The van der Waals surface area contributed by atoms with Gasteiger partial charge in [-0.15, -0.1) is 0 Å². The minimum atomic E-state index is -0.926. The van der Waals surface area contributed by atoms with E-state index in [9.17, 15) is 19.7 Å². The van der Waals surface area contributed by atoms with Gasteiger partial charge in [-0.25, -0.2) is 0 Å². The number of benzene rings is 1. The van der Waals surface area contributed by atoms with Gasteiger partial charge in [-0.3, -0.25) is 19.7 Å². The second-order valence-electron chi connectivity index (χ2n) is 5.37. The Morgan fingerprint density at radius 3 is 2.41 bits per heavy atom. The number of nitrogens with zero attached hydrogens (tertiary/aromatic N) is 1. The predicted octanol–water partition coefficient (Wildman–Crippen LogP) is 1.73. The number of carbonyl (C=O) groups excluding carboxylic acids is 1. The molecule has 0 saturated carbocycles. The molecule has 0 bridgehead atoms. The first kappa shape index (κ1) is 17.4. The van der Waals surface area contributed by atoms with Crippen molar-refractivity contribution in [3.63, 3.8) is 0 Å².